The number of hydrogen-bond donors (Lipinski definition) is 1. The smallest absolute Gasteiger partial charge is 0.211 e. The summed E-state index contributed by atoms with van der Waals surface area (Å²) in [6.45, 7) is 0. The third-order valence-electron chi connectivity index (χ3n) is 2.28. The topological polar surface area (TPSA) is 73.0 Å². The van der Waals surface area contributed by atoms with Crippen LogP contribution in [0.4, 0.5) is 5.82 Å². The second-order valence-electron chi connectivity index (χ2n) is 3.45. The zero-order chi connectivity index (χ0) is 13.3. The van der Waals surface area contributed by atoms with Crippen molar-refractivity contribution in [3.63, 3.8) is 0 Å². The van der Waals surface area contributed by atoms with Gasteiger partial charge in [0.25, 0.3) is 0 Å². The van der Waals surface area contributed by atoms with Crippen molar-refractivity contribution in [2.75, 3.05) is 5.73 Å². The van der Waals surface area contributed by atoms with Gasteiger partial charge in [-0.25, -0.2) is 13.4 Å². The number of pyridine rings is 1. The van der Waals surface area contributed by atoms with E-state index in [0.717, 1.165) is 0 Å². The fourth-order valence-electron chi connectivity index (χ4n) is 1.44. The highest BCUT2D eigenvalue weighted by Gasteiger charge is 2.25. The number of sulfone groups is 1. The molecule has 0 saturated heterocycles. The van der Waals surface area contributed by atoms with Crippen molar-refractivity contribution in [3.05, 3.63) is 46.0 Å². The Bertz CT molecular complexity index is 690. The first-order valence-electron chi connectivity index (χ1n) is 4.84. The minimum atomic E-state index is -3.77. The van der Waals surface area contributed by atoms with Crippen molar-refractivity contribution in [2.45, 2.75) is 9.79 Å². The fraction of sp³-hybridized carbons (Fsp3) is 0. The average molecular weight is 348 g/mol. The van der Waals surface area contributed by atoms with E-state index in [4.69, 9.17) is 17.3 Å². The van der Waals surface area contributed by atoms with Gasteiger partial charge in [0.05, 0.1) is 14.4 Å². The summed E-state index contributed by atoms with van der Waals surface area (Å²) in [5.74, 6) is -0.118. The van der Waals surface area contributed by atoms with Crippen LogP contribution in [0.1, 0.15) is 0 Å². The largest absolute Gasteiger partial charge is 0.383 e. The van der Waals surface area contributed by atoms with Crippen LogP contribution in [0.3, 0.4) is 0 Å². The number of hydrogen-bond acceptors (Lipinski definition) is 4. The first-order valence-corrected chi connectivity index (χ1v) is 7.49. The van der Waals surface area contributed by atoms with E-state index in [1.165, 1.54) is 18.3 Å². The lowest BCUT2D eigenvalue weighted by Crippen LogP contribution is -2.08. The molecule has 94 valence electrons. The van der Waals surface area contributed by atoms with Crippen molar-refractivity contribution in [1.82, 2.24) is 4.98 Å². The number of anilines is 1. The Morgan fingerprint density at radius 2 is 1.83 bits per heavy atom. The summed E-state index contributed by atoms with van der Waals surface area (Å²) in [6, 6.07) is 7.94. The van der Waals surface area contributed by atoms with E-state index < -0.39 is 9.84 Å². The van der Waals surface area contributed by atoms with Crippen LogP contribution in [0.15, 0.2) is 50.8 Å². The van der Waals surface area contributed by atoms with E-state index in [0.29, 0.717) is 4.47 Å². The second kappa shape index (κ2) is 4.87. The van der Waals surface area contributed by atoms with Gasteiger partial charge in [0, 0.05) is 6.20 Å². The summed E-state index contributed by atoms with van der Waals surface area (Å²) >= 11 is 9.12. The summed E-state index contributed by atoms with van der Waals surface area (Å²) in [6.07, 6.45) is 1.36. The van der Waals surface area contributed by atoms with Crippen molar-refractivity contribution in [2.24, 2.45) is 0 Å². The van der Waals surface area contributed by atoms with Crippen LogP contribution in [0, 0.1) is 0 Å². The molecular formula is C11H8BrClN2O2S. The number of nitrogens with zero attached hydrogens (tertiary/aromatic N) is 1. The van der Waals surface area contributed by atoms with Gasteiger partial charge in [-0.3, -0.25) is 0 Å². The first kappa shape index (κ1) is 13.3. The molecule has 0 atom stereocenters. The van der Waals surface area contributed by atoms with Crippen molar-refractivity contribution >= 4 is 43.2 Å². The molecule has 0 saturated carbocycles. The molecule has 1 heterocycles. The maximum Gasteiger partial charge on any atom is 0.211 e. The Hall–Kier alpha value is -1.11. The lowest BCUT2D eigenvalue weighted by atomic mass is 10.4. The zero-order valence-corrected chi connectivity index (χ0v) is 12.1. The fourth-order valence-corrected chi connectivity index (χ4v) is 3.74. The highest BCUT2D eigenvalue weighted by Crippen LogP contribution is 2.35. The Morgan fingerprint density at radius 3 is 2.44 bits per heavy atom. The molecule has 0 bridgehead atoms. The molecule has 18 heavy (non-hydrogen) atoms. The van der Waals surface area contributed by atoms with Crippen LogP contribution in [0.2, 0.25) is 5.02 Å². The number of benzene rings is 1. The van der Waals surface area contributed by atoms with Gasteiger partial charge >= 0.3 is 0 Å². The highest BCUT2D eigenvalue weighted by atomic mass is 79.9. The Morgan fingerprint density at radius 1 is 1.22 bits per heavy atom. The standard InChI is InChI=1S/C11H8BrClN2O2S/c12-8-6-15-11(14)10(9(8)13)18(16,17)7-4-2-1-3-5-7/h1-6H,(H2,14,15). The molecule has 2 aromatic rings. The predicted molar refractivity (Wildman–Crippen MR) is 73.3 cm³/mol. The van der Waals surface area contributed by atoms with Crippen molar-refractivity contribution < 1.29 is 8.42 Å². The molecule has 4 nitrogen and oxygen atoms in total. The molecule has 0 radical (unpaired) electrons. The lowest BCUT2D eigenvalue weighted by Gasteiger charge is -2.09. The van der Waals surface area contributed by atoms with Crippen LogP contribution in [0.5, 0.6) is 0 Å². The first-order chi connectivity index (χ1) is 8.44. The van der Waals surface area contributed by atoms with E-state index in [1.807, 2.05) is 0 Å². The normalized spacial score (nSPS) is 11.4. The third kappa shape index (κ3) is 2.23. The van der Waals surface area contributed by atoms with Gasteiger partial charge in [-0.15, -0.1) is 0 Å². The quantitative estimate of drug-likeness (QED) is 0.906. The van der Waals surface area contributed by atoms with Crippen LogP contribution >= 0.6 is 27.5 Å². The number of rotatable bonds is 2. The minimum absolute atomic E-state index is 0.0337. The molecule has 2 N–H and O–H groups in total. The number of nitrogens with two attached hydrogens (primary N) is 1. The molecule has 1 aromatic heterocycles. The average Bonchev–Trinajstić information content (AvgIpc) is 2.35. The molecule has 0 spiro atoms. The Labute approximate surface area is 118 Å². The van der Waals surface area contributed by atoms with Gasteiger partial charge in [0.2, 0.25) is 9.84 Å². The minimum Gasteiger partial charge on any atom is -0.383 e. The molecule has 1 aromatic carbocycles. The van der Waals surface area contributed by atoms with Crippen LogP contribution in [-0.2, 0) is 9.84 Å². The van der Waals surface area contributed by atoms with Crippen molar-refractivity contribution in [1.29, 1.82) is 0 Å². The van der Waals surface area contributed by atoms with E-state index >= 15 is 0 Å². The van der Waals surface area contributed by atoms with Crippen LogP contribution < -0.4 is 5.73 Å². The zero-order valence-electron chi connectivity index (χ0n) is 8.97. The maximum atomic E-state index is 12.4. The van der Waals surface area contributed by atoms with Crippen molar-refractivity contribution in [3.8, 4) is 0 Å². The molecule has 0 aliphatic heterocycles. The molecule has 7 heteroatoms. The summed E-state index contributed by atoms with van der Waals surface area (Å²) in [4.78, 5) is 3.75. The van der Waals surface area contributed by atoms with Crippen LogP contribution in [-0.4, -0.2) is 13.4 Å². The SMILES string of the molecule is Nc1ncc(Br)c(Cl)c1S(=O)(=O)c1ccccc1. The van der Waals surface area contributed by atoms with Gasteiger partial charge < -0.3 is 5.73 Å². The van der Waals surface area contributed by atoms with E-state index in [9.17, 15) is 8.42 Å². The third-order valence-corrected chi connectivity index (χ3v) is 5.46. The summed E-state index contributed by atoms with van der Waals surface area (Å²) < 4.78 is 25.2. The van der Waals surface area contributed by atoms with E-state index in [-0.39, 0.29) is 20.6 Å². The maximum absolute atomic E-state index is 12.4. The van der Waals surface area contributed by atoms with Crippen LogP contribution in [0.25, 0.3) is 0 Å². The van der Waals surface area contributed by atoms with Gasteiger partial charge in [0.1, 0.15) is 10.7 Å². The van der Waals surface area contributed by atoms with Gasteiger partial charge in [-0.05, 0) is 28.1 Å². The van der Waals surface area contributed by atoms with E-state index in [2.05, 4.69) is 20.9 Å². The molecule has 0 aliphatic rings. The Kier molecular flexibility index (Phi) is 3.61. The predicted octanol–water partition coefficient (Wildman–Crippen LogP) is 2.91. The van der Waals surface area contributed by atoms with E-state index in [1.54, 1.807) is 18.2 Å². The summed E-state index contributed by atoms with van der Waals surface area (Å²) in [5, 5.41) is 0.0337. The van der Waals surface area contributed by atoms with Gasteiger partial charge in [-0.2, -0.15) is 0 Å². The molecule has 0 aliphatic carbocycles. The number of aromatic nitrogens is 1. The molecule has 0 unspecified atom stereocenters. The summed E-state index contributed by atoms with van der Waals surface area (Å²) in [5.41, 5.74) is 5.62. The molecule has 0 fully saturated rings. The molecule has 0 amide bonds. The summed E-state index contributed by atoms with van der Waals surface area (Å²) in [7, 11) is -3.77. The monoisotopic (exact) mass is 346 g/mol. The number of nitrogen functional groups attached to an aromatic ring is 1. The van der Waals surface area contributed by atoms with Gasteiger partial charge in [0.15, 0.2) is 0 Å². The lowest BCUT2D eigenvalue weighted by molar-refractivity contribution is 0.596. The molecular weight excluding hydrogens is 340 g/mol. The Balaban J connectivity index is 2.74. The second-order valence-corrected chi connectivity index (χ2v) is 6.57. The number of halogens is 2. The molecule has 2 rings (SSSR count). The van der Waals surface area contributed by atoms with Gasteiger partial charge in [-0.1, -0.05) is 29.8 Å². The highest BCUT2D eigenvalue weighted by molar-refractivity contribution is 9.10.